The molecule has 142 valence electrons. The molecule has 1 aliphatic heterocycles. The highest BCUT2D eigenvalue weighted by atomic mass is 19.1. The minimum absolute atomic E-state index is 0.0426. The molecule has 0 spiro atoms. The lowest BCUT2D eigenvalue weighted by molar-refractivity contribution is -0.137. The first kappa shape index (κ1) is 19.9. The number of amides is 2. The fraction of sp³-hybridized carbons (Fsp3) is 0.526. The van der Waals surface area contributed by atoms with Crippen LogP contribution in [0.4, 0.5) is 4.39 Å². The second kappa shape index (κ2) is 9.89. The van der Waals surface area contributed by atoms with Crippen molar-refractivity contribution in [1.82, 2.24) is 10.2 Å². The van der Waals surface area contributed by atoms with E-state index in [1.54, 1.807) is 4.90 Å². The van der Waals surface area contributed by atoms with E-state index in [-0.39, 0.29) is 24.2 Å². The van der Waals surface area contributed by atoms with E-state index in [0.717, 1.165) is 12.8 Å². The summed E-state index contributed by atoms with van der Waals surface area (Å²) in [4.78, 5) is 36.7. The highest BCUT2D eigenvalue weighted by molar-refractivity contribution is 5.94. The van der Waals surface area contributed by atoms with Gasteiger partial charge in [0.05, 0.1) is 0 Å². The Morgan fingerprint density at radius 3 is 2.62 bits per heavy atom. The van der Waals surface area contributed by atoms with Gasteiger partial charge in [0, 0.05) is 38.0 Å². The first-order valence-electron chi connectivity index (χ1n) is 8.99. The first-order valence-corrected chi connectivity index (χ1v) is 8.99. The first-order chi connectivity index (χ1) is 12.5. The van der Waals surface area contributed by atoms with Crippen molar-refractivity contribution in [3.05, 3.63) is 35.6 Å². The molecule has 1 aromatic rings. The summed E-state index contributed by atoms with van der Waals surface area (Å²) in [5, 5.41) is 11.5. The molecule has 26 heavy (non-hydrogen) atoms. The maximum absolute atomic E-state index is 12.8. The van der Waals surface area contributed by atoms with Gasteiger partial charge in [0.1, 0.15) is 5.82 Å². The molecule has 2 N–H and O–H groups in total. The maximum atomic E-state index is 12.8. The van der Waals surface area contributed by atoms with Crippen molar-refractivity contribution in [2.75, 3.05) is 19.6 Å². The third kappa shape index (κ3) is 6.46. The number of aliphatic carboxylic acids is 1. The van der Waals surface area contributed by atoms with Crippen molar-refractivity contribution in [3.8, 4) is 0 Å². The van der Waals surface area contributed by atoms with Gasteiger partial charge in [0.15, 0.2) is 0 Å². The largest absolute Gasteiger partial charge is 0.481 e. The van der Waals surface area contributed by atoms with E-state index >= 15 is 0 Å². The maximum Gasteiger partial charge on any atom is 0.303 e. The molecule has 1 aliphatic rings. The summed E-state index contributed by atoms with van der Waals surface area (Å²) in [6, 6.07) is 5.30. The number of likely N-dealkylation sites (tertiary alicyclic amines) is 1. The van der Waals surface area contributed by atoms with Crippen LogP contribution in [0.5, 0.6) is 0 Å². The molecule has 2 amide bonds. The fourth-order valence-corrected chi connectivity index (χ4v) is 3.16. The van der Waals surface area contributed by atoms with Gasteiger partial charge in [-0.25, -0.2) is 4.39 Å². The summed E-state index contributed by atoms with van der Waals surface area (Å²) in [5.74, 6) is -1.19. The zero-order valence-electron chi connectivity index (χ0n) is 14.7. The second-order valence-corrected chi connectivity index (χ2v) is 6.65. The predicted molar refractivity (Wildman–Crippen MR) is 94.1 cm³/mol. The summed E-state index contributed by atoms with van der Waals surface area (Å²) in [7, 11) is 0. The lowest BCUT2D eigenvalue weighted by Crippen LogP contribution is -2.40. The van der Waals surface area contributed by atoms with E-state index in [9.17, 15) is 18.8 Å². The van der Waals surface area contributed by atoms with Crippen molar-refractivity contribution < 1.29 is 23.9 Å². The van der Waals surface area contributed by atoms with Gasteiger partial charge in [0.2, 0.25) is 5.91 Å². The number of halogens is 1. The molecular formula is C19H25FN2O4. The number of nitrogens with one attached hydrogen (secondary N) is 1. The Labute approximate surface area is 152 Å². The molecular weight excluding hydrogens is 339 g/mol. The Bertz CT molecular complexity index is 633. The minimum atomic E-state index is -0.801. The number of carboxylic acid groups (broad SMARTS) is 1. The highest BCUT2D eigenvalue weighted by Gasteiger charge is 2.23. The van der Waals surface area contributed by atoms with Crippen LogP contribution in [-0.4, -0.2) is 47.4 Å². The Balaban J connectivity index is 1.67. The molecule has 2 rings (SSSR count). The summed E-state index contributed by atoms with van der Waals surface area (Å²) >= 11 is 0. The number of rotatable bonds is 8. The lowest BCUT2D eigenvalue weighted by Gasteiger charge is -2.32. The van der Waals surface area contributed by atoms with Crippen LogP contribution in [0.15, 0.2) is 24.3 Å². The quantitative estimate of drug-likeness (QED) is 0.694. The smallest absolute Gasteiger partial charge is 0.303 e. The van der Waals surface area contributed by atoms with E-state index in [2.05, 4.69) is 5.32 Å². The van der Waals surface area contributed by atoms with E-state index in [1.807, 2.05) is 0 Å². The Morgan fingerprint density at radius 1 is 1.19 bits per heavy atom. The van der Waals surface area contributed by atoms with Gasteiger partial charge in [-0.15, -0.1) is 0 Å². The Hall–Kier alpha value is -2.44. The van der Waals surface area contributed by atoms with Crippen LogP contribution in [0.2, 0.25) is 0 Å². The van der Waals surface area contributed by atoms with Gasteiger partial charge in [-0.1, -0.05) is 0 Å². The van der Waals surface area contributed by atoms with Crippen LogP contribution in [0.1, 0.15) is 48.9 Å². The summed E-state index contributed by atoms with van der Waals surface area (Å²) < 4.78 is 12.8. The Kier molecular flexibility index (Phi) is 7.56. The zero-order valence-corrected chi connectivity index (χ0v) is 14.7. The lowest BCUT2D eigenvalue weighted by atomic mass is 9.93. The number of carbonyl (C=O) groups is 3. The summed E-state index contributed by atoms with van der Waals surface area (Å²) in [5.41, 5.74) is 0.384. The average molecular weight is 364 g/mol. The summed E-state index contributed by atoms with van der Waals surface area (Å²) in [6.07, 6.45) is 3.48. The van der Waals surface area contributed by atoms with Crippen molar-refractivity contribution >= 4 is 17.8 Å². The van der Waals surface area contributed by atoms with Crippen LogP contribution >= 0.6 is 0 Å². The topological polar surface area (TPSA) is 86.7 Å². The van der Waals surface area contributed by atoms with Crippen LogP contribution < -0.4 is 5.32 Å². The molecule has 6 nitrogen and oxygen atoms in total. The van der Waals surface area contributed by atoms with Gasteiger partial charge < -0.3 is 15.3 Å². The SMILES string of the molecule is O=C(O)CCC1CCCN(C(=O)CCCNC(=O)c2ccc(F)cc2)C1. The number of hydrogen-bond donors (Lipinski definition) is 2. The monoisotopic (exact) mass is 364 g/mol. The molecule has 1 fully saturated rings. The predicted octanol–water partition coefficient (Wildman–Crippen LogP) is 2.44. The van der Waals surface area contributed by atoms with E-state index in [4.69, 9.17) is 5.11 Å². The third-order valence-corrected chi connectivity index (χ3v) is 4.60. The zero-order chi connectivity index (χ0) is 18.9. The number of benzene rings is 1. The number of carbonyl (C=O) groups excluding carboxylic acids is 2. The van der Waals surface area contributed by atoms with Crippen LogP contribution in [0, 0.1) is 11.7 Å². The molecule has 1 atom stereocenters. The van der Waals surface area contributed by atoms with Gasteiger partial charge in [-0.05, 0) is 55.9 Å². The van der Waals surface area contributed by atoms with Crippen molar-refractivity contribution in [2.45, 2.75) is 38.5 Å². The van der Waals surface area contributed by atoms with Gasteiger partial charge in [0.25, 0.3) is 5.91 Å². The van der Waals surface area contributed by atoms with Gasteiger partial charge in [-0.3, -0.25) is 14.4 Å². The van der Waals surface area contributed by atoms with Crippen molar-refractivity contribution in [1.29, 1.82) is 0 Å². The van der Waals surface area contributed by atoms with Crippen LogP contribution in [-0.2, 0) is 9.59 Å². The highest BCUT2D eigenvalue weighted by Crippen LogP contribution is 2.21. The standard InChI is InChI=1S/C19H25FN2O4/c20-16-8-6-15(7-9-16)19(26)21-11-1-4-17(23)22-12-2-3-14(13-22)5-10-18(24)25/h6-9,14H,1-5,10-13H2,(H,21,26)(H,24,25). The van der Waals surface area contributed by atoms with Gasteiger partial charge in [-0.2, -0.15) is 0 Å². The molecule has 0 bridgehead atoms. The average Bonchev–Trinajstić information content (AvgIpc) is 2.64. The molecule has 0 radical (unpaired) electrons. The molecule has 0 saturated carbocycles. The Morgan fingerprint density at radius 2 is 1.92 bits per heavy atom. The number of piperidine rings is 1. The van der Waals surface area contributed by atoms with E-state index in [1.165, 1.54) is 24.3 Å². The minimum Gasteiger partial charge on any atom is -0.481 e. The van der Waals surface area contributed by atoms with Crippen molar-refractivity contribution in [3.63, 3.8) is 0 Å². The summed E-state index contributed by atoms with van der Waals surface area (Å²) in [6.45, 7) is 1.70. The molecule has 1 aromatic carbocycles. The van der Waals surface area contributed by atoms with Crippen molar-refractivity contribution in [2.24, 2.45) is 5.92 Å². The second-order valence-electron chi connectivity index (χ2n) is 6.65. The molecule has 0 aromatic heterocycles. The van der Waals surface area contributed by atoms with E-state index in [0.29, 0.717) is 44.5 Å². The molecule has 1 saturated heterocycles. The third-order valence-electron chi connectivity index (χ3n) is 4.60. The fourth-order valence-electron chi connectivity index (χ4n) is 3.16. The van der Waals surface area contributed by atoms with Crippen LogP contribution in [0.25, 0.3) is 0 Å². The van der Waals surface area contributed by atoms with Crippen LogP contribution in [0.3, 0.4) is 0 Å². The molecule has 1 heterocycles. The molecule has 7 heteroatoms. The number of hydrogen-bond acceptors (Lipinski definition) is 3. The normalized spacial score (nSPS) is 17.0. The molecule has 0 aliphatic carbocycles. The van der Waals surface area contributed by atoms with Gasteiger partial charge >= 0.3 is 5.97 Å². The number of carboxylic acids is 1. The van der Waals surface area contributed by atoms with E-state index < -0.39 is 11.8 Å². The molecule has 1 unspecified atom stereocenters. The number of nitrogens with zero attached hydrogens (tertiary/aromatic N) is 1.